The molecule has 4 N–H and O–H groups in total. The van der Waals surface area contributed by atoms with Crippen molar-refractivity contribution in [3.63, 3.8) is 0 Å². The number of carboxylic acid groups (broad SMARTS) is 1. The third-order valence-electron chi connectivity index (χ3n) is 4.98. The van der Waals surface area contributed by atoms with Crippen LogP contribution in [-0.4, -0.2) is 38.7 Å². The minimum Gasteiger partial charge on any atom is -0.517 e. The molecular formula is C28H35N2O7SY-. The van der Waals surface area contributed by atoms with E-state index in [0.29, 0.717) is 5.92 Å². The molecule has 0 aliphatic rings. The van der Waals surface area contributed by atoms with Crippen molar-refractivity contribution in [2.24, 2.45) is 11.8 Å². The number of carbonyl (C=O) groups excluding carboxylic acids is 1. The molecule has 3 rings (SSSR count). The zero-order valence-electron chi connectivity index (χ0n) is 22.8. The second-order valence-corrected chi connectivity index (χ2v) is 10.3. The van der Waals surface area contributed by atoms with Gasteiger partial charge in [0.1, 0.15) is 11.5 Å². The Morgan fingerprint density at radius 1 is 1.05 bits per heavy atom. The summed E-state index contributed by atoms with van der Waals surface area (Å²) in [6, 6.07) is 13.9. The molecule has 1 aromatic heterocycles. The van der Waals surface area contributed by atoms with E-state index in [9.17, 15) is 19.7 Å². The zero-order valence-corrected chi connectivity index (χ0v) is 26.5. The molecule has 0 unspecified atom stereocenters. The van der Waals surface area contributed by atoms with Crippen molar-refractivity contribution in [2.45, 2.75) is 41.0 Å². The predicted molar refractivity (Wildman–Crippen MR) is 149 cm³/mol. The van der Waals surface area contributed by atoms with Crippen LogP contribution in [0.15, 0.2) is 48.5 Å². The molecule has 0 aliphatic heterocycles. The molecular weight excluding hydrogens is 597 g/mol. The fraction of sp³-hybridized carbons (Fsp3) is 0.321. The van der Waals surface area contributed by atoms with Gasteiger partial charge in [-0.3, -0.25) is 19.7 Å². The number of hydrogen-bond donors (Lipinski definition) is 4. The van der Waals surface area contributed by atoms with Crippen LogP contribution in [0.1, 0.15) is 43.7 Å². The maximum Gasteiger partial charge on any atom is 0.308 e. The summed E-state index contributed by atoms with van der Waals surface area (Å²) in [6.07, 6.45) is 0.108. The topological polar surface area (TPSA) is 150 Å². The maximum atomic E-state index is 10.9. The quantitative estimate of drug-likeness (QED) is 0.109. The number of nitro benzene ring substituents is 1. The first-order valence-corrected chi connectivity index (χ1v) is 12.7. The van der Waals surface area contributed by atoms with Crippen LogP contribution in [-0.2, 0) is 48.7 Å². The Labute approximate surface area is 258 Å². The molecule has 3 aromatic rings. The van der Waals surface area contributed by atoms with E-state index in [1.165, 1.54) is 11.1 Å². The van der Waals surface area contributed by atoms with Gasteiger partial charge in [-0.25, -0.2) is 0 Å². The Bertz CT molecular complexity index is 1240. The van der Waals surface area contributed by atoms with Crippen molar-refractivity contribution < 1.29 is 62.5 Å². The van der Waals surface area contributed by atoms with Gasteiger partial charge in [0, 0.05) is 65.9 Å². The van der Waals surface area contributed by atoms with Gasteiger partial charge in [0.25, 0.3) is 0 Å². The van der Waals surface area contributed by atoms with Crippen LogP contribution in [0.25, 0.3) is 10.4 Å². The largest absolute Gasteiger partial charge is 0.517 e. The molecule has 0 saturated carbocycles. The number of phenolic OH excluding ortho intramolecular Hbond substituents is 2. The van der Waals surface area contributed by atoms with E-state index in [-0.39, 0.29) is 62.2 Å². The van der Waals surface area contributed by atoms with E-state index in [4.69, 9.17) is 15.3 Å². The van der Waals surface area contributed by atoms with Gasteiger partial charge in [0.05, 0.1) is 6.42 Å². The van der Waals surface area contributed by atoms with Gasteiger partial charge in [0.2, 0.25) is 5.91 Å². The first-order chi connectivity index (χ1) is 17.7. The molecule has 0 saturated heterocycles. The van der Waals surface area contributed by atoms with E-state index in [2.05, 4.69) is 45.1 Å². The van der Waals surface area contributed by atoms with Crippen LogP contribution in [0.4, 0.5) is 5.69 Å². The fourth-order valence-corrected chi connectivity index (χ4v) is 3.99. The Morgan fingerprint density at radius 2 is 1.64 bits per heavy atom. The van der Waals surface area contributed by atoms with Gasteiger partial charge < -0.3 is 20.6 Å². The first kappa shape index (κ1) is 36.1. The summed E-state index contributed by atoms with van der Waals surface area (Å²) >= 11 is 1.55. The number of nitrogens with one attached hydrogen (secondary N) is 1. The molecule has 2 aromatic carbocycles. The van der Waals surface area contributed by atoms with Crippen molar-refractivity contribution >= 4 is 28.9 Å². The molecule has 11 heteroatoms. The van der Waals surface area contributed by atoms with Crippen molar-refractivity contribution in [3.8, 4) is 21.9 Å². The summed E-state index contributed by atoms with van der Waals surface area (Å²) in [5, 5.41) is 39.6. The second-order valence-electron chi connectivity index (χ2n) is 9.17. The minimum absolute atomic E-state index is 0. The van der Waals surface area contributed by atoms with Crippen molar-refractivity contribution in [1.82, 2.24) is 5.32 Å². The Morgan fingerprint density at radius 3 is 2.15 bits per heavy atom. The van der Waals surface area contributed by atoms with Gasteiger partial charge in [0.15, 0.2) is 5.69 Å². The van der Waals surface area contributed by atoms with Gasteiger partial charge in [-0.1, -0.05) is 52.0 Å². The molecule has 39 heavy (non-hydrogen) atoms. The van der Waals surface area contributed by atoms with Crippen LogP contribution in [0.3, 0.4) is 0 Å². The number of carbonyl (C=O) groups is 2. The number of aromatic hydroxyl groups is 2. The SMILES string of the molecule is CC(C)CNC(=O)C(C)C.Cc1ccccc1-c1ccc(CC(=O)O)s1.[CH2-]c1cc(O)c(O)cc1[N+](=O)[O-].[Y]. The van der Waals surface area contributed by atoms with Crippen molar-refractivity contribution in [1.29, 1.82) is 0 Å². The standard InChI is InChI=1S/C13H12O2S.C8H17NO.C7H6NO4.Y/c1-9-4-2-3-5-11(9)12-7-6-10(16-12)8-13(14)15;1-6(2)5-9-8(10)7(3)4;1-4-2-6(9)7(10)3-5(4)8(11)12;/h2-7H,8H2,1H3,(H,14,15);6-7H,5H2,1-4H3,(H,9,10);2-3,9-10H,1H2;/q;;-1;. The number of aryl methyl sites for hydroxylation is 1. The van der Waals surface area contributed by atoms with Crippen LogP contribution >= 0.6 is 11.3 Å². The fourth-order valence-electron chi connectivity index (χ4n) is 2.90. The summed E-state index contributed by atoms with van der Waals surface area (Å²) in [5.41, 5.74) is 2.15. The van der Waals surface area contributed by atoms with E-state index >= 15 is 0 Å². The van der Waals surface area contributed by atoms with E-state index in [0.717, 1.165) is 28.4 Å². The molecule has 1 heterocycles. The van der Waals surface area contributed by atoms with Gasteiger partial charge in [-0.15, -0.1) is 23.0 Å². The number of aliphatic carboxylic acids is 1. The summed E-state index contributed by atoms with van der Waals surface area (Å²) in [7, 11) is 0. The van der Waals surface area contributed by atoms with Gasteiger partial charge in [-0.2, -0.15) is 6.92 Å². The average Bonchev–Trinajstić information content (AvgIpc) is 3.28. The van der Waals surface area contributed by atoms with Gasteiger partial charge in [-0.05, 0) is 36.1 Å². The zero-order chi connectivity index (χ0) is 29.0. The number of benzene rings is 2. The maximum absolute atomic E-state index is 10.9. The van der Waals surface area contributed by atoms with Crippen LogP contribution in [0, 0.1) is 35.8 Å². The third-order valence-corrected chi connectivity index (χ3v) is 6.10. The van der Waals surface area contributed by atoms with Crippen molar-refractivity contribution in [3.05, 3.63) is 81.6 Å². The van der Waals surface area contributed by atoms with Crippen LogP contribution in [0.2, 0.25) is 0 Å². The number of hydrogen-bond acceptors (Lipinski definition) is 7. The molecule has 0 bridgehead atoms. The molecule has 9 nitrogen and oxygen atoms in total. The number of nitrogens with zero attached hydrogens (tertiary/aromatic N) is 1. The normalized spacial score (nSPS) is 9.92. The summed E-state index contributed by atoms with van der Waals surface area (Å²) in [6.45, 7) is 14.1. The number of thiophene rings is 1. The Balaban J connectivity index is 0.000000568. The number of nitro groups is 1. The smallest absolute Gasteiger partial charge is 0.308 e. The predicted octanol–water partition coefficient (Wildman–Crippen LogP) is 5.95. The molecule has 0 spiro atoms. The number of amides is 1. The first-order valence-electron chi connectivity index (χ1n) is 11.9. The third kappa shape index (κ3) is 13.1. The summed E-state index contributed by atoms with van der Waals surface area (Å²) in [5.74, 6) is -0.909. The molecule has 0 fully saturated rings. The molecule has 1 amide bonds. The van der Waals surface area contributed by atoms with Crippen LogP contribution < -0.4 is 5.32 Å². The van der Waals surface area contributed by atoms with Gasteiger partial charge >= 0.3 is 5.97 Å². The molecule has 0 atom stereocenters. The van der Waals surface area contributed by atoms with E-state index < -0.39 is 22.4 Å². The number of carboxylic acids is 1. The summed E-state index contributed by atoms with van der Waals surface area (Å²) < 4.78 is 0. The van der Waals surface area contributed by atoms with E-state index in [1.807, 2.05) is 38.1 Å². The molecule has 1 radical (unpaired) electrons. The summed E-state index contributed by atoms with van der Waals surface area (Å²) in [4.78, 5) is 33.1. The monoisotopic (exact) mass is 632 g/mol. The van der Waals surface area contributed by atoms with Crippen LogP contribution in [0.5, 0.6) is 11.5 Å². The average molecular weight is 633 g/mol. The molecule has 0 aliphatic carbocycles. The molecule has 209 valence electrons. The Hall–Kier alpha value is -2.95. The minimum atomic E-state index is -0.779. The number of rotatable bonds is 7. The number of phenols is 2. The van der Waals surface area contributed by atoms with E-state index in [1.54, 1.807) is 11.3 Å². The second kappa shape index (κ2) is 17.6. The van der Waals surface area contributed by atoms with Crippen molar-refractivity contribution in [2.75, 3.05) is 6.54 Å². The Kier molecular flexibility index (Phi) is 16.3.